The third-order valence-electron chi connectivity index (χ3n) is 7.29. The molecule has 5 rings (SSSR count). The quantitative estimate of drug-likeness (QED) is 0.459. The molecule has 0 saturated carbocycles. The van der Waals surface area contributed by atoms with Gasteiger partial charge in [0.25, 0.3) is 5.91 Å². The van der Waals surface area contributed by atoms with Crippen LogP contribution >= 0.6 is 0 Å². The predicted molar refractivity (Wildman–Crippen MR) is 139 cm³/mol. The molecule has 2 amide bonds. The van der Waals surface area contributed by atoms with Crippen molar-refractivity contribution in [3.8, 4) is 0 Å². The second-order valence-corrected chi connectivity index (χ2v) is 9.64. The fourth-order valence-corrected chi connectivity index (χ4v) is 5.22. The topological polar surface area (TPSA) is 112 Å². The molecule has 192 valence electrons. The van der Waals surface area contributed by atoms with Gasteiger partial charge in [0.2, 0.25) is 5.91 Å². The smallest absolute Gasteiger partial charge is 0.264 e. The van der Waals surface area contributed by atoms with Crippen LogP contribution in [0.5, 0.6) is 0 Å². The van der Waals surface area contributed by atoms with E-state index in [9.17, 15) is 14.7 Å². The van der Waals surface area contributed by atoms with Crippen molar-refractivity contribution in [3.05, 3.63) is 77.6 Å². The SMILES string of the molecule is C[C@@H](/C=C/CCn1cc(CCO)nn1)[C@]1(O)C(=O)N(C)c2ccc(N3C(=O)CCc4ccccc43)cc21. The number of fused-ring (bicyclic) bond motifs is 2. The number of hydrogen-bond acceptors (Lipinski definition) is 6. The van der Waals surface area contributed by atoms with Gasteiger partial charge in [-0.2, -0.15) is 0 Å². The number of para-hydroxylation sites is 1. The number of likely N-dealkylation sites (N-methyl/N-ethyl adjacent to an activating group) is 1. The highest BCUT2D eigenvalue weighted by molar-refractivity contribution is 6.08. The van der Waals surface area contributed by atoms with Gasteiger partial charge in [-0.25, -0.2) is 0 Å². The lowest BCUT2D eigenvalue weighted by Crippen LogP contribution is -2.43. The van der Waals surface area contributed by atoms with Gasteiger partial charge >= 0.3 is 0 Å². The summed E-state index contributed by atoms with van der Waals surface area (Å²) in [6.45, 7) is 2.43. The number of aliphatic hydroxyl groups is 2. The van der Waals surface area contributed by atoms with Crippen molar-refractivity contribution in [3.63, 3.8) is 0 Å². The first-order valence-corrected chi connectivity index (χ1v) is 12.6. The Balaban J connectivity index is 1.40. The lowest BCUT2D eigenvalue weighted by Gasteiger charge is -2.31. The van der Waals surface area contributed by atoms with Crippen molar-refractivity contribution in [2.45, 2.75) is 44.8 Å². The van der Waals surface area contributed by atoms with Crippen molar-refractivity contribution in [1.82, 2.24) is 15.0 Å². The number of allylic oxidation sites excluding steroid dienone is 1. The highest BCUT2D eigenvalue weighted by Crippen LogP contribution is 2.47. The van der Waals surface area contributed by atoms with Crippen molar-refractivity contribution >= 4 is 28.9 Å². The minimum absolute atomic E-state index is 0.0110. The number of nitrogens with zero attached hydrogens (tertiary/aromatic N) is 5. The molecule has 0 fully saturated rings. The van der Waals surface area contributed by atoms with E-state index in [1.54, 1.807) is 35.0 Å². The average Bonchev–Trinajstić information content (AvgIpc) is 3.43. The molecule has 0 aliphatic carbocycles. The van der Waals surface area contributed by atoms with E-state index < -0.39 is 17.4 Å². The van der Waals surface area contributed by atoms with E-state index in [0.717, 1.165) is 16.9 Å². The van der Waals surface area contributed by atoms with E-state index in [2.05, 4.69) is 10.3 Å². The monoisotopic (exact) mass is 501 g/mol. The fourth-order valence-electron chi connectivity index (χ4n) is 5.22. The lowest BCUT2D eigenvalue weighted by molar-refractivity contribution is -0.139. The normalized spacial score (nSPS) is 20.0. The Morgan fingerprint density at radius 1 is 1.14 bits per heavy atom. The van der Waals surface area contributed by atoms with Gasteiger partial charge in [0.1, 0.15) is 0 Å². The zero-order chi connectivity index (χ0) is 26.2. The van der Waals surface area contributed by atoms with E-state index in [1.165, 1.54) is 4.90 Å². The number of amides is 2. The van der Waals surface area contributed by atoms with E-state index in [-0.39, 0.29) is 12.5 Å². The van der Waals surface area contributed by atoms with Gasteiger partial charge in [0.15, 0.2) is 5.60 Å². The van der Waals surface area contributed by atoms with E-state index >= 15 is 0 Å². The standard InChI is InChI=1S/C28H31N5O4/c1-19(7-5-6-15-32-18-21(14-16-34)29-30-32)28(37)23-17-22(11-12-25(23)31(2)27(28)36)33-24-9-4-3-8-20(24)10-13-26(33)35/h3-5,7-9,11-12,17-19,34,37H,6,10,13-16H2,1-2H3/b7-5+/t19-,28+/m0/s1. The maximum atomic E-state index is 13.3. The van der Waals surface area contributed by atoms with Crippen LogP contribution in [0.4, 0.5) is 17.1 Å². The van der Waals surface area contributed by atoms with E-state index in [1.807, 2.05) is 49.4 Å². The van der Waals surface area contributed by atoms with Gasteiger partial charge in [-0.3, -0.25) is 19.2 Å². The summed E-state index contributed by atoms with van der Waals surface area (Å²) in [4.78, 5) is 29.4. The predicted octanol–water partition coefficient (Wildman–Crippen LogP) is 2.87. The third kappa shape index (κ3) is 4.34. The van der Waals surface area contributed by atoms with Crippen LogP contribution in [0.3, 0.4) is 0 Å². The molecular formula is C28H31N5O4. The Morgan fingerprint density at radius 3 is 2.76 bits per heavy atom. The Morgan fingerprint density at radius 2 is 1.95 bits per heavy atom. The average molecular weight is 502 g/mol. The summed E-state index contributed by atoms with van der Waals surface area (Å²) >= 11 is 0. The lowest BCUT2D eigenvalue weighted by atomic mass is 9.82. The molecule has 2 aromatic carbocycles. The summed E-state index contributed by atoms with van der Waals surface area (Å²) in [7, 11) is 1.66. The van der Waals surface area contributed by atoms with Crippen molar-refractivity contribution < 1.29 is 19.8 Å². The van der Waals surface area contributed by atoms with Crippen molar-refractivity contribution in [2.75, 3.05) is 23.5 Å². The van der Waals surface area contributed by atoms with Gasteiger partial charge in [0.05, 0.1) is 17.1 Å². The summed E-state index contributed by atoms with van der Waals surface area (Å²) in [6, 6.07) is 13.2. The molecular weight excluding hydrogens is 470 g/mol. The molecule has 2 atom stereocenters. The van der Waals surface area contributed by atoms with Gasteiger partial charge in [0, 0.05) is 56.4 Å². The molecule has 37 heavy (non-hydrogen) atoms. The molecule has 0 bridgehead atoms. The summed E-state index contributed by atoms with van der Waals surface area (Å²) in [6.07, 6.45) is 7.78. The van der Waals surface area contributed by atoms with Crippen LogP contribution in [0.1, 0.15) is 36.6 Å². The largest absolute Gasteiger partial charge is 0.396 e. The fraction of sp³-hybridized carbons (Fsp3) is 0.357. The first-order valence-electron chi connectivity index (χ1n) is 12.6. The molecule has 0 spiro atoms. The van der Waals surface area contributed by atoms with Gasteiger partial charge < -0.3 is 15.1 Å². The van der Waals surface area contributed by atoms with E-state index in [4.69, 9.17) is 5.11 Å². The van der Waals surface area contributed by atoms with Crippen molar-refractivity contribution in [2.24, 2.45) is 5.92 Å². The second-order valence-electron chi connectivity index (χ2n) is 9.64. The zero-order valence-electron chi connectivity index (χ0n) is 21.0. The van der Waals surface area contributed by atoms with Crippen molar-refractivity contribution in [1.29, 1.82) is 0 Å². The number of hydrogen-bond donors (Lipinski definition) is 2. The van der Waals surface area contributed by atoms with Gasteiger partial charge in [-0.05, 0) is 42.7 Å². The van der Waals surface area contributed by atoms with Crippen LogP contribution < -0.4 is 9.80 Å². The minimum atomic E-state index is -1.75. The summed E-state index contributed by atoms with van der Waals surface area (Å²) < 4.78 is 1.71. The summed E-state index contributed by atoms with van der Waals surface area (Å²) in [5.41, 5.74) is 2.68. The number of benzene rings is 2. The first-order chi connectivity index (χ1) is 17.8. The Hall–Kier alpha value is -3.82. The molecule has 1 aromatic heterocycles. The Bertz CT molecular complexity index is 1370. The van der Waals surface area contributed by atoms with Gasteiger partial charge in [-0.1, -0.05) is 42.5 Å². The number of carbonyl (C=O) groups excluding carboxylic acids is 2. The molecule has 2 N–H and O–H groups in total. The molecule has 3 heterocycles. The summed E-state index contributed by atoms with van der Waals surface area (Å²) in [5.74, 6) is -0.917. The molecule has 3 aromatic rings. The van der Waals surface area contributed by atoms with E-state index in [0.29, 0.717) is 49.2 Å². The summed E-state index contributed by atoms with van der Waals surface area (Å²) in [5, 5.41) is 28.9. The molecule has 0 unspecified atom stereocenters. The van der Waals surface area contributed by atoms with Gasteiger partial charge in [-0.15, -0.1) is 5.10 Å². The second kappa shape index (κ2) is 9.91. The maximum Gasteiger partial charge on any atom is 0.264 e. The van der Waals surface area contributed by atoms with Crippen LogP contribution in [0.2, 0.25) is 0 Å². The minimum Gasteiger partial charge on any atom is -0.396 e. The molecule has 0 radical (unpaired) electrons. The van der Waals surface area contributed by atoms with Crippen LogP contribution in [-0.4, -0.2) is 50.7 Å². The maximum absolute atomic E-state index is 13.3. The first kappa shape index (κ1) is 24.9. The van der Waals surface area contributed by atoms with Crippen LogP contribution in [0.15, 0.2) is 60.8 Å². The third-order valence-corrected chi connectivity index (χ3v) is 7.29. The zero-order valence-corrected chi connectivity index (χ0v) is 21.0. The molecule has 9 nitrogen and oxygen atoms in total. The van der Waals surface area contributed by atoms with Crippen LogP contribution in [0, 0.1) is 5.92 Å². The molecule has 0 saturated heterocycles. The number of anilines is 3. The molecule has 2 aliphatic heterocycles. The number of aliphatic hydroxyl groups excluding tert-OH is 1. The molecule has 9 heteroatoms. The highest BCUT2D eigenvalue weighted by atomic mass is 16.3. The Labute approximate surface area is 215 Å². The number of aromatic nitrogens is 3. The molecule has 2 aliphatic rings. The number of rotatable bonds is 8. The number of aryl methyl sites for hydroxylation is 2. The highest BCUT2D eigenvalue weighted by Gasteiger charge is 2.51. The van der Waals surface area contributed by atoms with Crippen LogP contribution in [-0.2, 0) is 34.6 Å². The number of carbonyl (C=O) groups is 2. The van der Waals surface area contributed by atoms with Crippen LogP contribution in [0.25, 0.3) is 0 Å². The Kier molecular flexibility index (Phi) is 6.66.